The molecule has 4 nitrogen and oxygen atoms in total. The molecular weight excluding hydrogens is 230 g/mol. The number of hydrogen-bond acceptors (Lipinski definition) is 3. The Morgan fingerprint density at radius 1 is 1.11 bits per heavy atom. The molecular formula is C14H23NO3. The van der Waals surface area contributed by atoms with Gasteiger partial charge in [-0.05, 0) is 32.6 Å². The summed E-state index contributed by atoms with van der Waals surface area (Å²) in [5.41, 5.74) is 0. The molecule has 2 fully saturated rings. The lowest BCUT2D eigenvalue weighted by atomic mass is 9.96. The largest absolute Gasteiger partial charge is 0.466 e. The van der Waals surface area contributed by atoms with Gasteiger partial charge >= 0.3 is 5.97 Å². The molecule has 1 atom stereocenters. The number of carbonyl (C=O) groups is 2. The fourth-order valence-corrected chi connectivity index (χ4v) is 3.06. The van der Waals surface area contributed by atoms with Gasteiger partial charge in [-0.25, -0.2) is 0 Å². The second-order valence-corrected chi connectivity index (χ2v) is 5.36. The maximum Gasteiger partial charge on any atom is 0.310 e. The average Bonchev–Trinajstić information content (AvgIpc) is 2.92. The SMILES string of the molecule is CCOC(=O)[C@H]1CCCN(C(=O)C2CCCC2)C1. The van der Waals surface area contributed by atoms with Crippen molar-refractivity contribution in [3.05, 3.63) is 0 Å². The van der Waals surface area contributed by atoms with E-state index in [1.165, 1.54) is 12.8 Å². The van der Waals surface area contributed by atoms with Gasteiger partial charge in [0.1, 0.15) is 0 Å². The third-order valence-corrected chi connectivity index (χ3v) is 4.06. The van der Waals surface area contributed by atoms with Gasteiger partial charge in [0.15, 0.2) is 0 Å². The minimum Gasteiger partial charge on any atom is -0.466 e. The first kappa shape index (κ1) is 13.4. The van der Waals surface area contributed by atoms with E-state index >= 15 is 0 Å². The summed E-state index contributed by atoms with van der Waals surface area (Å²) in [5.74, 6) is 0.234. The van der Waals surface area contributed by atoms with Crippen molar-refractivity contribution in [2.75, 3.05) is 19.7 Å². The second kappa shape index (κ2) is 6.21. The van der Waals surface area contributed by atoms with Crippen molar-refractivity contribution >= 4 is 11.9 Å². The zero-order chi connectivity index (χ0) is 13.0. The third-order valence-electron chi connectivity index (χ3n) is 4.06. The van der Waals surface area contributed by atoms with Crippen LogP contribution in [0.1, 0.15) is 45.4 Å². The molecule has 0 aromatic carbocycles. The van der Waals surface area contributed by atoms with Gasteiger partial charge < -0.3 is 9.64 Å². The van der Waals surface area contributed by atoms with Crippen molar-refractivity contribution in [1.29, 1.82) is 0 Å². The molecule has 0 aromatic rings. The standard InChI is InChI=1S/C14H23NO3/c1-2-18-14(17)12-8-5-9-15(10-12)13(16)11-6-3-4-7-11/h11-12H,2-10H2,1H3/t12-/m0/s1. The van der Waals surface area contributed by atoms with Crippen LogP contribution in [0.4, 0.5) is 0 Å². The molecule has 4 heteroatoms. The molecule has 1 aliphatic carbocycles. The predicted molar refractivity (Wildman–Crippen MR) is 67.9 cm³/mol. The zero-order valence-corrected chi connectivity index (χ0v) is 11.2. The number of nitrogens with zero attached hydrogens (tertiary/aromatic N) is 1. The molecule has 0 radical (unpaired) electrons. The molecule has 0 unspecified atom stereocenters. The Hall–Kier alpha value is -1.06. The molecule has 0 bridgehead atoms. The van der Waals surface area contributed by atoms with Crippen LogP contribution in [-0.2, 0) is 14.3 Å². The van der Waals surface area contributed by atoms with Crippen LogP contribution in [0.15, 0.2) is 0 Å². The van der Waals surface area contributed by atoms with E-state index in [0.717, 1.165) is 32.2 Å². The predicted octanol–water partition coefficient (Wildman–Crippen LogP) is 1.98. The fraction of sp³-hybridized carbons (Fsp3) is 0.857. The van der Waals surface area contributed by atoms with Crippen LogP contribution in [0, 0.1) is 11.8 Å². The number of ether oxygens (including phenoxy) is 1. The molecule has 0 spiro atoms. The minimum atomic E-state index is -0.138. The van der Waals surface area contributed by atoms with Gasteiger partial charge in [-0.2, -0.15) is 0 Å². The molecule has 0 aromatic heterocycles. The first-order valence-corrected chi connectivity index (χ1v) is 7.17. The number of likely N-dealkylation sites (tertiary alicyclic amines) is 1. The monoisotopic (exact) mass is 253 g/mol. The van der Waals surface area contributed by atoms with Gasteiger partial charge in [0.25, 0.3) is 0 Å². The van der Waals surface area contributed by atoms with Gasteiger partial charge in [-0.3, -0.25) is 9.59 Å². The van der Waals surface area contributed by atoms with E-state index in [-0.39, 0.29) is 23.7 Å². The highest BCUT2D eigenvalue weighted by Gasteiger charge is 2.33. The van der Waals surface area contributed by atoms with Crippen molar-refractivity contribution in [1.82, 2.24) is 4.90 Å². The van der Waals surface area contributed by atoms with Crippen LogP contribution >= 0.6 is 0 Å². The molecule has 1 saturated carbocycles. The Kier molecular flexibility index (Phi) is 4.61. The van der Waals surface area contributed by atoms with E-state index in [1.807, 2.05) is 11.8 Å². The summed E-state index contributed by atoms with van der Waals surface area (Å²) in [6.45, 7) is 3.62. The number of esters is 1. The molecule has 0 N–H and O–H groups in total. The highest BCUT2D eigenvalue weighted by molar-refractivity contribution is 5.80. The van der Waals surface area contributed by atoms with Crippen molar-refractivity contribution in [2.45, 2.75) is 45.4 Å². The molecule has 1 amide bonds. The van der Waals surface area contributed by atoms with E-state index in [1.54, 1.807) is 0 Å². The molecule has 2 rings (SSSR count). The Balaban J connectivity index is 1.89. The lowest BCUT2D eigenvalue weighted by molar-refractivity contribution is -0.151. The molecule has 1 aliphatic heterocycles. The van der Waals surface area contributed by atoms with Gasteiger partial charge in [-0.1, -0.05) is 12.8 Å². The van der Waals surface area contributed by atoms with Crippen LogP contribution < -0.4 is 0 Å². The lowest BCUT2D eigenvalue weighted by Crippen LogP contribution is -2.44. The van der Waals surface area contributed by atoms with E-state index in [9.17, 15) is 9.59 Å². The first-order valence-electron chi connectivity index (χ1n) is 7.17. The fourth-order valence-electron chi connectivity index (χ4n) is 3.06. The van der Waals surface area contributed by atoms with Gasteiger partial charge in [0.2, 0.25) is 5.91 Å². The van der Waals surface area contributed by atoms with Crippen LogP contribution in [0.25, 0.3) is 0 Å². The number of hydrogen-bond donors (Lipinski definition) is 0. The Morgan fingerprint density at radius 2 is 1.78 bits per heavy atom. The van der Waals surface area contributed by atoms with E-state index in [2.05, 4.69) is 0 Å². The first-order chi connectivity index (χ1) is 8.72. The van der Waals surface area contributed by atoms with Gasteiger partial charge in [0.05, 0.1) is 12.5 Å². The number of amides is 1. The number of carbonyl (C=O) groups excluding carboxylic acids is 2. The molecule has 1 heterocycles. The minimum absolute atomic E-state index is 0.107. The smallest absolute Gasteiger partial charge is 0.310 e. The highest BCUT2D eigenvalue weighted by atomic mass is 16.5. The number of piperidine rings is 1. The van der Waals surface area contributed by atoms with E-state index in [0.29, 0.717) is 13.2 Å². The maximum absolute atomic E-state index is 12.3. The van der Waals surface area contributed by atoms with E-state index in [4.69, 9.17) is 4.74 Å². The van der Waals surface area contributed by atoms with Gasteiger partial charge in [0, 0.05) is 19.0 Å². The molecule has 102 valence electrons. The summed E-state index contributed by atoms with van der Waals surface area (Å²) in [6.07, 6.45) is 6.17. The topological polar surface area (TPSA) is 46.6 Å². The highest BCUT2D eigenvalue weighted by Crippen LogP contribution is 2.28. The summed E-state index contributed by atoms with van der Waals surface area (Å²) in [6, 6.07) is 0. The van der Waals surface area contributed by atoms with Crippen molar-refractivity contribution in [2.24, 2.45) is 11.8 Å². The summed E-state index contributed by atoms with van der Waals surface area (Å²) < 4.78 is 5.06. The summed E-state index contributed by atoms with van der Waals surface area (Å²) in [7, 11) is 0. The Bertz CT molecular complexity index is 310. The average molecular weight is 253 g/mol. The zero-order valence-electron chi connectivity index (χ0n) is 11.2. The van der Waals surface area contributed by atoms with Gasteiger partial charge in [-0.15, -0.1) is 0 Å². The van der Waals surface area contributed by atoms with Crippen molar-refractivity contribution in [3.63, 3.8) is 0 Å². The van der Waals surface area contributed by atoms with E-state index < -0.39 is 0 Å². The maximum atomic E-state index is 12.3. The number of rotatable bonds is 3. The van der Waals surface area contributed by atoms with Crippen molar-refractivity contribution in [3.8, 4) is 0 Å². The summed E-state index contributed by atoms with van der Waals surface area (Å²) in [5, 5.41) is 0. The summed E-state index contributed by atoms with van der Waals surface area (Å²) >= 11 is 0. The third kappa shape index (κ3) is 3.03. The quantitative estimate of drug-likeness (QED) is 0.722. The molecule has 18 heavy (non-hydrogen) atoms. The molecule has 2 aliphatic rings. The molecule has 1 saturated heterocycles. The van der Waals surface area contributed by atoms with Crippen molar-refractivity contribution < 1.29 is 14.3 Å². The van der Waals surface area contributed by atoms with Crippen LogP contribution in [0.5, 0.6) is 0 Å². The van der Waals surface area contributed by atoms with Crippen LogP contribution in [0.2, 0.25) is 0 Å². The van der Waals surface area contributed by atoms with Crippen LogP contribution in [-0.4, -0.2) is 36.5 Å². The summed E-state index contributed by atoms with van der Waals surface area (Å²) in [4.78, 5) is 25.9. The second-order valence-electron chi connectivity index (χ2n) is 5.36. The van der Waals surface area contributed by atoms with Crippen LogP contribution in [0.3, 0.4) is 0 Å². The Morgan fingerprint density at radius 3 is 2.44 bits per heavy atom. The normalized spacial score (nSPS) is 25.2. The lowest BCUT2D eigenvalue weighted by Gasteiger charge is -2.33. The Labute approximate surface area is 109 Å².